The molecule has 6 heteroatoms. The third-order valence-electron chi connectivity index (χ3n) is 4.46. The van der Waals surface area contributed by atoms with Crippen molar-refractivity contribution in [3.05, 3.63) is 65.0 Å². The molecule has 3 N–H and O–H groups in total. The van der Waals surface area contributed by atoms with Crippen molar-refractivity contribution in [1.29, 1.82) is 0 Å². The van der Waals surface area contributed by atoms with E-state index < -0.39 is 11.7 Å². The van der Waals surface area contributed by atoms with E-state index in [-0.39, 0.29) is 23.3 Å². The first-order valence-electron chi connectivity index (χ1n) is 8.29. The molecule has 1 amide bonds. The summed E-state index contributed by atoms with van der Waals surface area (Å²) in [6.45, 7) is 3.28. The van der Waals surface area contributed by atoms with Gasteiger partial charge in [-0.3, -0.25) is 15.6 Å². The molecule has 0 aliphatic carbocycles. The monoisotopic (exact) mass is 343 g/mol. The van der Waals surface area contributed by atoms with Crippen molar-refractivity contribution in [2.45, 2.75) is 18.9 Å². The molecular weight excluding hydrogens is 321 g/mol. The van der Waals surface area contributed by atoms with E-state index in [1.54, 1.807) is 6.07 Å². The maximum Gasteiger partial charge on any atom is 0.258 e. The molecule has 132 valence electrons. The molecule has 1 aliphatic heterocycles. The van der Waals surface area contributed by atoms with Crippen LogP contribution in [0, 0.1) is 5.82 Å². The number of ether oxygens (including phenoxy) is 1. The lowest BCUT2D eigenvalue weighted by atomic mass is 9.97. The van der Waals surface area contributed by atoms with E-state index in [2.05, 4.69) is 16.2 Å². The van der Waals surface area contributed by atoms with Gasteiger partial charge in [-0.2, -0.15) is 0 Å². The average molecular weight is 343 g/mol. The van der Waals surface area contributed by atoms with Crippen molar-refractivity contribution >= 4 is 5.91 Å². The van der Waals surface area contributed by atoms with E-state index in [1.165, 1.54) is 13.2 Å². The number of hydrazine groups is 1. The van der Waals surface area contributed by atoms with Crippen molar-refractivity contribution in [3.63, 3.8) is 0 Å². The topological polar surface area (TPSA) is 62.4 Å². The van der Waals surface area contributed by atoms with Gasteiger partial charge in [0.1, 0.15) is 17.1 Å². The number of benzene rings is 2. The van der Waals surface area contributed by atoms with Gasteiger partial charge >= 0.3 is 0 Å². The highest BCUT2D eigenvalue weighted by molar-refractivity contribution is 5.97. The zero-order valence-electron chi connectivity index (χ0n) is 14.3. The lowest BCUT2D eigenvalue weighted by molar-refractivity contribution is 0.0932. The third kappa shape index (κ3) is 3.81. The maximum absolute atomic E-state index is 14.7. The van der Waals surface area contributed by atoms with Crippen LogP contribution in [-0.4, -0.2) is 26.1 Å². The lowest BCUT2D eigenvalue weighted by Gasteiger charge is -2.18. The molecule has 2 aromatic rings. The molecule has 5 nitrogen and oxygen atoms in total. The van der Waals surface area contributed by atoms with Crippen LogP contribution in [0.15, 0.2) is 42.5 Å². The van der Waals surface area contributed by atoms with Crippen LogP contribution in [-0.2, 0) is 0 Å². The van der Waals surface area contributed by atoms with Gasteiger partial charge < -0.3 is 10.1 Å². The number of carbonyl (C=O) groups excluding carboxylic acids is 1. The van der Waals surface area contributed by atoms with Crippen LogP contribution in [0.1, 0.15) is 40.4 Å². The van der Waals surface area contributed by atoms with Gasteiger partial charge in [0.2, 0.25) is 0 Å². The second-order valence-corrected chi connectivity index (χ2v) is 6.14. The highest BCUT2D eigenvalue weighted by atomic mass is 19.1. The van der Waals surface area contributed by atoms with Crippen LogP contribution in [0.3, 0.4) is 0 Å². The van der Waals surface area contributed by atoms with Gasteiger partial charge in [0.15, 0.2) is 0 Å². The molecule has 1 fully saturated rings. The molecule has 0 unspecified atom stereocenters. The number of amides is 1. The van der Waals surface area contributed by atoms with E-state index in [4.69, 9.17) is 4.74 Å². The molecule has 1 aliphatic rings. The molecule has 1 atom stereocenters. The van der Waals surface area contributed by atoms with E-state index in [1.807, 2.05) is 37.3 Å². The first-order chi connectivity index (χ1) is 12.1. The van der Waals surface area contributed by atoms with Crippen molar-refractivity contribution in [2.75, 3.05) is 20.2 Å². The highest BCUT2D eigenvalue weighted by Crippen LogP contribution is 2.29. The molecule has 2 aromatic carbocycles. The Morgan fingerprint density at radius 1 is 1.24 bits per heavy atom. The van der Waals surface area contributed by atoms with Gasteiger partial charge in [-0.1, -0.05) is 30.3 Å². The Morgan fingerprint density at radius 3 is 2.56 bits per heavy atom. The van der Waals surface area contributed by atoms with Crippen molar-refractivity contribution in [3.8, 4) is 5.75 Å². The van der Waals surface area contributed by atoms with Gasteiger partial charge in [-0.15, -0.1) is 0 Å². The Balaban J connectivity index is 1.84. The highest BCUT2D eigenvalue weighted by Gasteiger charge is 2.24. The molecule has 0 aromatic heterocycles. The molecule has 1 heterocycles. The summed E-state index contributed by atoms with van der Waals surface area (Å²) < 4.78 is 20.0. The average Bonchev–Trinajstić information content (AvgIpc) is 3.16. The molecule has 0 bridgehead atoms. The van der Waals surface area contributed by atoms with Crippen LogP contribution in [0.4, 0.5) is 4.39 Å². The summed E-state index contributed by atoms with van der Waals surface area (Å²) in [4.78, 5) is 12.6. The maximum atomic E-state index is 14.7. The predicted molar refractivity (Wildman–Crippen MR) is 94.0 cm³/mol. The Morgan fingerprint density at radius 2 is 1.92 bits per heavy atom. The fourth-order valence-corrected chi connectivity index (χ4v) is 3.01. The Bertz CT molecular complexity index is 746. The smallest absolute Gasteiger partial charge is 0.258 e. The van der Waals surface area contributed by atoms with Gasteiger partial charge in [-0.05, 0) is 30.2 Å². The molecule has 0 saturated carbocycles. The quantitative estimate of drug-likeness (QED) is 0.781. The molecule has 0 spiro atoms. The number of rotatable bonds is 5. The molecule has 3 rings (SSSR count). The first-order valence-corrected chi connectivity index (χ1v) is 8.29. The number of carbonyl (C=O) groups is 1. The summed E-state index contributed by atoms with van der Waals surface area (Å²) in [5, 5.41) is 2.83. The lowest BCUT2D eigenvalue weighted by Crippen LogP contribution is -2.28. The minimum atomic E-state index is -0.570. The SMILES string of the molecule is COc1cc(C2CNNC2)cc(F)c1C(=O)N[C@H](C)c1ccccc1. The summed E-state index contributed by atoms with van der Waals surface area (Å²) in [5.41, 5.74) is 7.73. The Hall–Kier alpha value is -2.44. The summed E-state index contributed by atoms with van der Waals surface area (Å²) in [6.07, 6.45) is 0. The zero-order valence-corrected chi connectivity index (χ0v) is 14.3. The third-order valence-corrected chi connectivity index (χ3v) is 4.46. The fraction of sp³-hybridized carbons (Fsp3) is 0.316. The number of hydrogen-bond donors (Lipinski definition) is 3. The fourth-order valence-electron chi connectivity index (χ4n) is 3.01. The Labute approximate surface area is 146 Å². The second-order valence-electron chi connectivity index (χ2n) is 6.14. The number of hydrogen-bond acceptors (Lipinski definition) is 4. The van der Waals surface area contributed by atoms with E-state index in [9.17, 15) is 9.18 Å². The van der Waals surface area contributed by atoms with E-state index in [0.29, 0.717) is 13.1 Å². The first kappa shape index (κ1) is 17.4. The van der Waals surface area contributed by atoms with Gasteiger partial charge in [0, 0.05) is 19.0 Å². The molecule has 0 radical (unpaired) electrons. The zero-order chi connectivity index (χ0) is 17.8. The second kappa shape index (κ2) is 7.63. The standard InChI is InChI=1S/C19H22FN3O2/c1-12(13-6-4-3-5-7-13)23-19(24)18-16(20)8-14(9-17(18)25-2)15-10-21-22-11-15/h3-9,12,15,21-22H,10-11H2,1-2H3,(H,23,24)/t12-/m1/s1. The minimum absolute atomic E-state index is 0.0621. The summed E-state index contributed by atoms with van der Waals surface area (Å²) >= 11 is 0. The van der Waals surface area contributed by atoms with Gasteiger partial charge in [0.25, 0.3) is 5.91 Å². The summed E-state index contributed by atoms with van der Waals surface area (Å²) in [7, 11) is 1.45. The largest absolute Gasteiger partial charge is 0.496 e. The normalized spacial score (nSPS) is 15.8. The predicted octanol–water partition coefficient (Wildman–Crippen LogP) is 2.52. The van der Waals surface area contributed by atoms with Crippen LogP contribution in [0.25, 0.3) is 0 Å². The van der Waals surface area contributed by atoms with Gasteiger partial charge in [0.05, 0.1) is 13.2 Å². The van der Waals surface area contributed by atoms with E-state index >= 15 is 0 Å². The summed E-state index contributed by atoms with van der Waals surface area (Å²) in [6, 6.07) is 12.5. The van der Waals surface area contributed by atoms with Crippen molar-refractivity contribution in [2.24, 2.45) is 0 Å². The minimum Gasteiger partial charge on any atom is -0.496 e. The molecule has 1 saturated heterocycles. The van der Waals surface area contributed by atoms with Gasteiger partial charge in [-0.25, -0.2) is 4.39 Å². The van der Waals surface area contributed by atoms with Crippen LogP contribution in [0.5, 0.6) is 5.75 Å². The number of methoxy groups -OCH3 is 1. The number of halogens is 1. The van der Waals surface area contributed by atoms with Crippen molar-refractivity contribution < 1.29 is 13.9 Å². The summed E-state index contributed by atoms with van der Waals surface area (Å²) in [5.74, 6) is -0.664. The van der Waals surface area contributed by atoms with Crippen molar-refractivity contribution in [1.82, 2.24) is 16.2 Å². The Kier molecular flexibility index (Phi) is 5.31. The van der Waals surface area contributed by atoms with Crippen LogP contribution >= 0.6 is 0 Å². The number of nitrogens with one attached hydrogen (secondary N) is 3. The molecular formula is C19H22FN3O2. The van der Waals surface area contributed by atoms with E-state index in [0.717, 1.165) is 11.1 Å². The van der Waals surface area contributed by atoms with Crippen LogP contribution < -0.4 is 20.9 Å². The van der Waals surface area contributed by atoms with Crippen LogP contribution in [0.2, 0.25) is 0 Å². The molecule has 25 heavy (non-hydrogen) atoms.